The highest BCUT2D eigenvalue weighted by atomic mass is 32.2. The van der Waals surface area contributed by atoms with Gasteiger partial charge in [-0.25, -0.2) is 4.98 Å². The van der Waals surface area contributed by atoms with Gasteiger partial charge in [-0.2, -0.15) is 0 Å². The Morgan fingerprint density at radius 3 is 2.72 bits per heavy atom. The van der Waals surface area contributed by atoms with Crippen molar-refractivity contribution < 1.29 is 4.42 Å². The first-order chi connectivity index (χ1) is 12.1. The van der Waals surface area contributed by atoms with Crippen LogP contribution in [0.1, 0.15) is 24.2 Å². The smallest absolute Gasteiger partial charge is 0.262 e. The van der Waals surface area contributed by atoms with Crippen LogP contribution in [0.15, 0.2) is 38.7 Å². The maximum Gasteiger partial charge on any atom is 0.262 e. The fourth-order valence-corrected chi connectivity index (χ4v) is 3.65. The average molecular weight is 355 g/mol. The number of benzene rings is 1. The second-order valence-corrected chi connectivity index (χ2v) is 6.65. The summed E-state index contributed by atoms with van der Waals surface area (Å²) in [7, 11) is 0. The minimum atomic E-state index is -0.0452. The first-order valence-electron chi connectivity index (χ1n) is 8.02. The summed E-state index contributed by atoms with van der Waals surface area (Å²) in [5, 5.41) is 9.82. The molecule has 0 N–H and O–H groups in total. The molecule has 0 unspecified atom stereocenters. The largest absolute Gasteiger partial charge is 0.437 e. The van der Waals surface area contributed by atoms with Gasteiger partial charge in [-0.15, -0.1) is 10.2 Å². The van der Waals surface area contributed by atoms with E-state index in [0.717, 1.165) is 22.8 Å². The fraction of sp³-hybridized carbons (Fsp3) is 0.294. The van der Waals surface area contributed by atoms with E-state index in [1.165, 1.54) is 11.8 Å². The molecule has 0 aliphatic heterocycles. The number of rotatable bonds is 4. The van der Waals surface area contributed by atoms with E-state index in [2.05, 4.69) is 15.2 Å². The zero-order valence-corrected chi connectivity index (χ0v) is 15.0. The van der Waals surface area contributed by atoms with Crippen molar-refractivity contribution in [3.8, 4) is 0 Å². The number of oxazole rings is 1. The fourth-order valence-electron chi connectivity index (χ4n) is 2.82. The first-order valence-corrected chi connectivity index (χ1v) is 9.01. The topological polar surface area (TPSA) is 78.2 Å². The van der Waals surface area contributed by atoms with Gasteiger partial charge in [-0.3, -0.25) is 13.8 Å². The molecule has 25 heavy (non-hydrogen) atoms. The number of aryl methyl sites for hydroxylation is 3. The Hall–Kier alpha value is -2.61. The molecule has 0 atom stereocenters. The van der Waals surface area contributed by atoms with E-state index in [1.54, 1.807) is 4.57 Å². The third-order valence-electron chi connectivity index (χ3n) is 4.22. The van der Waals surface area contributed by atoms with E-state index < -0.39 is 0 Å². The van der Waals surface area contributed by atoms with Gasteiger partial charge in [0.25, 0.3) is 10.8 Å². The molecule has 3 heterocycles. The number of fused-ring (bicyclic) bond motifs is 3. The number of nitrogens with zero attached hydrogens (tertiary/aromatic N) is 5. The number of aromatic nitrogens is 5. The van der Waals surface area contributed by atoms with Gasteiger partial charge in [0.1, 0.15) is 11.6 Å². The molecule has 7 nitrogen and oxygen atoms in total. The van der Waals surface area contributed by atoms with Gasteiger partial charge in [0.05, 0.1) is 22.3 Å². The number of thioether (sulfide) groups is 1. The monoisotopic (exact) mass is 355 g/mol. The van der Waals surface area contributed by atoms with Crippen LogP contribution < -0.4 is 5.56 Å². The minimum absolute atomic E-state index is 0.0452. The minimum Gasteiger partial charge on any atom is -0.437 e. The molecule has 0 spiro atoms. The van der Waals surface area contributed by atoms with Gasteiger partial charge >= 0.3 is 0 Å². The quantitative estimate of drug-likeness (QED) is 0.524. The van der Waals surface area contributed by atoms with Crippen LogP contribution >= 0.6 is 11.8 Å². The standard InChI is InChI=1S/C17H17N5O2S/c1-4-21-15(23)12-7-5-6-8-13(12)22-14(19-20-16(21)22)9-25-17-18-10(2)11(3)24-17/h5-8H,4,9H2,1-3H3. The lowest BCUT2D eigenvalue weighted by atomic mass is 10.2. The predicted octanol–water partition coefficient (Wildman–Crippen LogP) is 2.96. The second kappa shape index (κ2) is 6.03. The van der Waals surface area contributed by atoms with Crippen molar-refractivity contribution in [3.05, 3.63) is 51.9 Å². The van der Waals surface area contributed by atoms with Crippen LogP contribution in [-0.4, -0.2) is 24.1 Å². The highest BCUT2D eigenvalue weighted by Crippen LogP contribution is 2.24. The summed E-state index contributed by atoms with van der Waals surface area (Å²) >= 11 is 1.47. The second-order valence-electron chi connectivity index (χ2n) is 5.73. The van der Waals surface area contributed by atoms with Crippen molar-refractivity contribution >= 4 is 28.4 Å². The average Bonchev–Trinajstić information content (AvgIpc) is 3.17. The molecule has 0 saturated carbocycles. The molecule has 0 bridgehead atoms. The van der Waals surface area contributed by atoms with Crippen molar-refractivity contribution in [1.29, 1.82) is 0 Å². The molecule has 0 amide bonds. The Bertz CT molecular complexity index is 1120. The molecule has 0 aliphatic carbocycles. The third-order valence-corrected chi connectivity index (χ3v) is 5.05. The summed E-state index contributed by atoms with van der Waals surface area (Å²) in [4.78, 5) is 17.0. The SMILES string of the molecule is CCn1c(=O)c2ccccc2n2c(CSc3nc(C)c(C)o3)nnc12. The summed E-state index contributed by atoms with van der Waals surface area (Å²) in [6.07, 6.45) is 0. The maximum absolute atomic E-state index is 12.7. The van der Waals surface area contributed by atoms with Crippen LogP contribution in [0.3, 0.4) is 0 Å². The van der Waals surface area contributed by atoms with Crippen LogP contribution in [0, 0.1) is 13.8 Å². The van der Waals surface area contributed by atoms with Crippen LogP contribution in [-0.2, 0) is 12.3 Å². The Balaban J connectivity index is 1.85. The van der Waals surface area contributed by atoms with E-state index in [1.807, 2.05) is 49.4 Å². The van der Waals surface area contributed by atoms with E-state index in [9.17, 15) is 4.79 Å². The van der Waals surface area contributed by atoms with Gasteiger partial charge in [0, 0.05) is 6.54 Å². The molecule has 4 rings (SSSR count). The molecular weight excluding hydrogens is 338 g/mol. The van der Waals surface area contributed by atoms with Crippen LogP contribution in [0.2, 0.25) is 0 Å². The van der Waals surface area contributed by atoms with Crippen LogP contribution in [0.25, 0.3) is 16.7 Å². The zero-order chi connectivity index (χ0) is 17.6. The number of hydrogen-bond donors (Lipinski definition) is 0. The normalized spacial score (nSPS) is 11.6. The zero-order valence-electron chi connectivity index (χ0n) is 14.2. The van der Waals surface area contributed by atoms with Gasteiger partial charge in [-0.05, 0) is 32.9 Å². The molecule has 0 aliphatic rings. The maximum atomic E-state index is 12.7. The summed E-state index contributed by atoms with van der Waals surface area (Å²) in [6.45, 7) is 6.28. The van der Waals surface area contributed by atoms with Crippen molar-refractivity contribution in [1.82, 2.24) is 24.1 Å². The Labute approximate surface area is 147 Å². The number of para-hydroxylation sites is 1. The predicted molar refractivity (Wildman–Crippen MR) is 96.0 cm³/mol. The molecule has 0 radical (unpaired) electrons. The highest BCUT2D eigenvalue weighted by molar-refractivity contribution is 7.98. The molecular formula is C17H17N5O2S. The van der Waals surface area contributed by atoms with E-state index in [4.69, 9.17) is 4.42 Å². The van der Waals surface area contributed by atoms with Gasteiger partial charge in [0.15, 0.2) is 0 Å². The van der Waals surface area contributed by atoms with Gasteiger partial charge in [-0.1, -0.05) is 23.9 Å². The molecule has 4 aromatic rings. The summed E-state index contributed by atoms with van der Waals surface area (Å²) in [5.74, 6) is 2.68. The molecule has 0 saturated heterocycles. The van der Waals surface area contributed by atoms with Crippen molar-refractivity contribution in [2.24, 2.45) is 0 Å². The molecule has 8 heteroatoms. The van der Waals surface area contributed by atoms with Crippen molar-refractivity contribution in [2.75, 3.05) is 0 Å². The van der Waals surface area contributed by atoms with E-state index >= 15 is 0 Å². The van der Waals surface area contributed by atoms with Crippen LogP contribution in [0.4, 0.5) is 0 Å². The third kappa shape index (κ3) is 2.53. The molecule has 0 fully saturated rings. The molecule has 3 aromatic heterocycles. The lowest BCUT2D eigenvalue weighted by molar-refractivity contribution is 0.431. The van der Waals surface area contributed by atoms with E-state index in [0.29, 0.717) is 28.7 Å². The summed E-state index contributed by atoms with van der Waals surface area (Å²) in [5.41, 5.74) is 1.66. The summed E-state index contributed by atoms with van der Waals surface area (Å²) in [6, 6.07) is 7.53. The molecule has 128 valence electrons. The van der Waals surface area contributed by atoms with Gasteiger partial charge in [0.2, 0.25) is 5.78 Å². The highest BCUT2D eigenvalue weighted by Gasteiger charge is 2.16. The van der Waals surface area contributed by atoms with Crippen molar-refractivity contribution in [2.45, 2.75) is 38.3 Å². The Morgan fingerprint density at radius 2 is 2.00 bits per heavy atom. The Kier molecular flexibility index (Phi) is 3.84. The lowest BCUT2D eigenvalue weighted by Gasteiger charge is -2.09. The lowest BCUT2D eigenvalue weighted by Crippen LogP contribution is -2.22. The molecule has 1 aromatic carbocycles. The van der Waals surface area contributed by atoms with Gasteiger partial charge < -0.3 is 4.42 Å². The van der Waals surface area contributed by atoms with Crippen molar-refractivity contribution in [3.63, 3.8) is 0 Å². The van der Waals surface area contributed by atoms with E-state index in [-0.39, 0.29) is 5.56 Å². The Morgan fingerprint density at radius 1 is 1.20 bits per heavy atom. The van der Waals surface area contributed by atoms with Crippen LogP contribution in [0.5, 0.6) is 0 Å². The first kappa shape index (κ1) is 15.9. The number of hydrogen-bond acceptors (Lipinski definition) is 6. The summed E-state index contributed by atoms with van der Waals surface area (Å²) < 4.78 is 9.20.